The molecule has 5 heterocycles. The zero-order valence-corrected chi connectivity index (χ0v) is 29.0. The van der Waals surface area contributed by atoms with Crippen molar-refractivity contribution in [1.82, 2.24) is 24.8 Å². The molecule has 1 N–H and O–H groups in total. The summed E-state index contributed by atoms with van der Waals surface area (Å²) >= 11 is 0. The summed E-state index contributed by atoms with van der Waals surface area (Å²) in [5.41, 5.74) is 0.0278. The van der Waals surface area contributed by atoms with Gasteiger partial charge in [0, 0.05) is 57.7 Å². The number of fused-ring (bicyclic) bond motifs is 4. The molecule has 8 rings (SSSR count). The Morgan fingerprint density at radius 2 is 1.88 bits per heavy atom. The quantitative estimate of drug-likeness (QED) is 0.255. The van der Waals surface area contributed by atoms with E-state index in [0.717, 1.165) is 19.4 Å². The van der Waals surface area contributed by atoms with Crippen molar-refractivity contribution in [3.05, 3.63) is 47.7 Å². The number of ether oxygens (including phenoxy) is 1. The normalized spacial score (nSPS) is 25.9. The highest BCUT2D eigenvalue weighted by molar-refractivity contribution is 6.02. The molecule has 2 amide bonds. The number of carbonyl (C=O) groups excluding carboxylic acids is 2. The van der Waals surface area contributed by atoms with Gasteiger partial charge in [-0.2, -0.15) is 9.97 Å². The fraction of sp³-hybridized carbons (Fsp3) is 0.500. The standard InChI is InChI=1S/C38H41F3N6O4/c1-4-27-30(40)7-6-21-12-26(49)13-28(31(21)27)33-32(41)34-29(15-42-33)35(44-37(43-34)51-19-38-8-5-9-47(38)18-25(39)14-38)46-16-23-10-22(11-24(23)17-46)36(50)45(3)20(2)48/h6-7,12-13,15,22-25,49H,4-5,8-11,14,16-19H2,1-3H3/t22?,23?,24?,25-,38+/m1/s1. The van der Waals surface area contributed by atoms with Gasteiger partial charge in [-0.1, -0.05) is 13.0 Å². The lowest BCUT2D eigenvalue weighted by atomic mass is 9.94. The first-order valence-corrected chi connectivity index (χ1v) is 17.8. The third-order valence-corrected chi connectivity index (χ3v) is 11.8. The predicted molar refractivity (Wildman–Crippen MR) is 185 cm³/mol. The maximum Gasteiger partial charge on any atom is 0.319 e. The second-order valence-electron chi connectivity index (χ2n) is 14.9. The van der Waals surface area contributed by atoms with Gasteiger partial charge >= 0.3 is 6.01 Å². The summed E-state index contributed by atoms with van der Waals surface area (Å²) in [6, 6.07) is 5.76. The van der Waals surface area contributed by atoms with Gasteiger partial charge in [-0.05, 0) is 85.0 Å². The molecule has 4 atom stereocenters. The van der Waals surface area contributed by atoms with Gasteiger partial charge in [0.25, 0.3) is 0 Å². The number of phenolic OH excluding ortho intramolecular Hbond substituents is 1. The number of aryl methyl sites for hydroxylation is 1. The monoisotopic (exact) mass is 702 g/mol. The molecule has 2 aromatic carbocycles. The van der Waals surface area contributed by atoms with Crippen LogP contribution in [0, 0.1) is 29.4 Å². The number of halogens is 3. The topological polar surface area (TPSA) is 112 Å². The molecule has 3 saturated heterocycles. The number of anilines is 1. The minimum atomic E-state index is -0.946. The van der Waals surface area contributed by atoms with Gasteiger partial charge < -0.3 is 14.7 Å². The third kappa shape index (κ3) is 5.64. The number of imide groups is 1. The molecule has 3 aliphatic heterocycles. The lowest BCUT2D eigenvalue weighted by molar-refractivity contribution is -0.144. The third-order valence-electron chi connectivity index (χ3n) is 11.8. The van der Waals surface area contributed by atoms with Crippen LogP contribution in [-0.4, -0.2) is 93.2 Å². The SMILES string of the molecule is CCc1c(F)ccc2cc(O)cc(-c3ncc4c(N5CC6CC(C(=O)N(C)C(C)=O)CC6C5)nc(OC[C@@]56CCCN5C[C@H](F)C6)nc4c3F)c12. The molecular weight excluding hydrogens is 661 g/mol. The molecule has 0 radical (unpaired) electrons. The molecule has 51 heavy (non-hydrogen) atoms. The fourth-order valence-corrected chi connectivity index (χ4v) is 9.30. The van der Waals surface area contributed by atoms with Crippen molar-refractivity contribution in [3.8, 4) is 23.0 Å². The first kappa shape index (κ1) is 33.6. The van der Waals surface area contributed by atoms with Crippen LogP contribution in [0.5, 0.6) is 11.8 Å². The number of benzene rings is 2. The first-order chi connectivity index (χ1) is 24.5. The van der Waals surface area contributed by atoms with E-state index in [1.165, 1.54) is 43.3 Å². The molecule has 4 fully saturated rings. The molecule has 4 aromatic rings. The molecular formula is C38H41F3N6O4. The van der Waals surface area contributed by atoms with Crippen molar-refractivity contribution >= 4 is 39.3 Å². The lowest BCUT2D eigenvalue weighted by Gasteiger charge is -2.31. The molecule has 0 spiro atoms. The second-order valence-corrected chi connectivity index (χ2v) is 14.9. The van der Waals surface area contributed by atoms with Crippen LogP contribution in [0.1, 0.15) is 51.5 Å². The number of nitrogens with zero attached hydrogens (tertiary/aromatic N) is 6. The average Bonchev–Trinajstić information content (AvgIpc) is 3.86. The van der Waals surface area contributed by atoms with Crippen LogP contribution in [0.25, 0.3) is 32.9 Å². The van der Waals surface area contributed by atoms with Crippen LogP contribution in [0.15, 0.2) is 30.5 Å². The van der Waals surface area contributed by atoms with Crippen molar-refractivity contribution in [2.24, 2.45) is 17.8 Å². The zero-order chi connectivity index (χ0) is 35.8. The molecule has 2 aromatic heterocycles. The number of alkyl halides is 1. The number of hydrogen-bond donors (Lipinski definition) is 1. The Balaban J connectivity index is 1.19. The molecule has 10 nitrogen and oxygen atoms in total. The van der Waals surface area contributed by atoms with E-state index in [0.29, 0.717) is 72.9 Å². The minimum absolute atomic E-state index is 0.0327. The Kier molecular flexibility index (Phi) is 8.31. The Labute approximate surface area is 293 Å². The van der Waals surface area contributed by atoms with E-state index in [9.17, 15) is 19.1 Å². The van der Waals surface area contributed by atoms with Crippen LogP contribution in [0.4, 0.5) is 19.0 Å². The lowest BCUT2D eigenvalue weighted by Crippen LogP contribution is -2.43. The number of rotatable bonds is 7. The summed E-state index contributed by atoms with van der Waals surface area (Å²) in [7, 11) is 1.51. The molecule has 0 bridgehead atoms. The summed E-state index contributed by atoms with van der Waals surface area (Å²) in [4.78, 5) is 44.1. The number of phenols is 1. The van der Waals surface area contributed by atoms with Crippen LogP contribution in [0.3, 0.4) is 0 Å². The van der Waals surface area contributed by atoms with E-state index in [2.05, 4.69) is 19.8 Å². The molecule has 1 saturated carbocycles. The number of pyridine rings is 1. The largest absolute Gasteiger partial charge is 0.508 e. The predicted octanol–water partition coefficient (Wildman–Crippen LogP) is 5.81. The fourth-order valence-electron chi connectivity index (χ4n) is 9.30. The van der Waals surface area contributed by atoms with Crippen LogP contribution in [0.2, 0.25) is 0 Å². The van der Waals surface area contributed by atoms with E-state index in [-0.39, 0.29) is 64.7 Å². The molecule has 4 aliphatic rings. The highest BCUT2D eigenvalue weighted by Crippen LogP contribution is 2.46. The van der Waals surface area contributed by atoms with Crippen molar-refractivity contribution in [3.63, 3.8) is 0 Å². The van der Waals surface area contributed by atoms with Gasteiger partial charge in [-0.25, -0.2) is 13.2 Å². The van der Waals surface area contributed by atoms with E-state index in [4.69, 9.17) is 9.72 Å². The van der Waals surface area contributed by atoms with Crippen molar-refractivity contribution in [1.29, 1.82) is 0 Å². The van der Waals surface area contributed by atoms with E-state index < -0.39 is 23.3 Å². The highest BCUT2D eigenvalue weighted by atomic mass is 19.1. The number of aromatic hydroxyl groups is 1. The second kappa shape index (κ2) is 12.6. The van der Waals surface area contributed by atoms with Crippen LogP contribution in [-0.2, 0) is 16.0 Å². The number of carbonyl (C=O) groups is 2. The van der Waals surface area contributed by atoms with Crippen LogP contribution < -0.4 is 9.64 Å². The van der Waals surface area contributed by atoms with Gasteiger partial charge in [-0.3, -0.25) is 24.4 Å². The average molecular weight is 703 g/mol. The van der Waals surface area contributed by atoms with Gasteiger partial charge in [0.15, 0.2) is 5.82 Å². The summed E-state index contributed by atoms with van der Waals surface area (Å²) in [6.45, 7) is 5.62. The van der Waals surface area contributed by atoms with Crippen molar-refractivity contribution < 1.29 is 32.6 Å². The Morgan fingerprint density at radius 3 is 2.61 bits per heavy atom. The summed E-state index contributed by atoms with van der Waals surface area (Å²) in [6.07, 6.45) is 4.24. The first-order valence-electron chi connectivity index (χ1n) is 17.8. The van der Waals surface area contributed by atoms with Gasteiger partial charge in [-0.15, -0.1) is 0 Å². The maximum atomic E-state index is 17.0. The Bertz CT molecular complexity index is 2070. The molecule has 1 aliphatic carbocycles. The van der Waals surface area contributed by atoms with Crippen molar-refractivity contribution in [2.45, 2.75) is 64.1 Å². The number of aromatic nitrogens is 3. The molecule has 13 heteroatoms. The summed E-state index contributed by atoms with van der Waals surface area (Å²) in [5.74, 6) is -1.23. The molecule has 2 unspecified atom stereocenters. The highest BCUT2D eigenvalue weighted by Gasteiger charge is 2.50. The molecule has 268 valence electrons. The maximum absolute atomic E-state index is 17.0. The number of amides is 2. The summed E-state index contributed by atoms with van der Waals surface area (Å²) in [5, 5.41) is 12.0. The Morgan fingerprint density at radius 1 is 1.12 bits per heavy atom. The minimum Gasteiger partial charge on any atom is -0.508 e. The Hall–Kier alpha value is -4.52. The van der Waals surface area contributed by atoms with Gasteiger partial charge in [0.05, 0.1) is 10.9 Å². The van der Waals surface area contributed by atoms with Crippen LogP contribution >= 0.6 is 0 Å². The van der Waals surface area contributed by atoms with E-state index in [1.54, 1.807) is 6.07 Å². The van der Waals surface area contributed by atoms with Gasteiger partial charge in [0.2, 0.25) is 11.8 Å². The zero-order valence-electron chi connectivity index (χ0n) is 29.0. The van der Waals surface area contributed by atoms with E-state index >= 15 is 8.78 Å². The van der Waals surface area contributed by atoms with E-state index in [1.807, 2.05) is 6.92 Å². The smallest absolute Gasteiger partial charge is 0.319 e. The van der Waals surface area contributed by atoms with Gasteiger partial charge in [0.1, 0.15) is 41.4 Å². The van der Waals surface area contributed by atoms with Crippen molar-refractivity contribution in [2.75, 3.05) is 44.7 Å². The summed E-state index contributed by atoms with van der Waals surface area (Å²) < 4.78 is 52.9. The number of hydrogen-bond acceptors (Lipinski definition) is 9.